The first kappa shape index (κ1) is 30.9. The Labute approximate surface area is 249 Å². The molecule has 0 atom stereocenters. The Balaban J connectivity index is 1.60. The van der Waals surface area contributed by atoms with Crippen molar-refractivity contribution in [3.05, 3.63) is 111 Å². The van der Waals surface area contributed by atoms with Gasteiger partial charge in [-0.25, -0.2) is 19.2 Å². The monoisotopic (exact) mass is 590 g/mol. The zero-order valence-electron chi connectivity index (χ0n) is 23.9. The molecule has 0 aliphatic heterocycles. The van der Waals surface area contributed by atoms with E-state index < -0.39 is 5.97 Å². The molecule has 10 heteroatoms. The molecule has 220 valence electrons. The summed E-state index contributed by atoms with van der Waals surface area (Å²) in [6, 6.07) is 11.7. The smallest absolute Gasteiger partial charge is 0.341 e. The molecule has 2 aromatic carbocycles. The van der Waals surface area contributed by atoms with Crippen LogP contribution in [0.3, 0.4) is 0 Å². The van der Waals surface area contributed by atoms with Crippen LogP contribution in [0.5, 0.6) is 5.75 Å². The van der Waals surface area contributed by atoms with Crippen LogP contribution >= 0.6 is 11.8 Å². The summed E-state index contributed by atoms with van der Waals surface area (Å²) in [6.45, 7) is 3.04. The summed E-state index contributed by atoms with van der Waals surface area (Å²) in [4.78, 5) is 38.2. The van der Waals surface area contributed by atoms with Crippen LogP contribution in [0.15, 0.2) is 77.3 Å². The number of rotatable bonds is 15. The number of benzene rings is 2. The fourth-order valence-electron chi connectivity index (χ4n) is 4.40. The number of nitrogens with zero attached hydrogens (tertiary/aromatic N) is 4. The lowest BCUT2D eigenvalue weighted by atomic mass is 10.1. The van der Waals surface area contributed by atoms with Gasteiger partial charge in [0.1, 0.15) is 23.5 Å². The number of esters is 1. The first-order valence-corrected chi connectivity index (χ1v) is 15.0. The minimum absolute atomic E-state index is 0.307. The number of hydrogen-bond acceptors (Lipinski definition) is 8. The van der Waals surface area contributed by atoms with Gasteiger partial charge in [0.2, 0.25) is 0 Å². The first-order valence-electron chi connectivity index (χ1n) is 14.0. The summed E-state index contributed by atoms with van der Waals surface area (Å²) in [7, 11) is 1.35. The zero-order valence-corrected chi connectivity index (χ0v) is 24.7. The number of carbonyl (C=O) groups is 1. The molecule has 8 nitrogen and oxygen atoms in total. The van der Waals surface area contributed by atoms with Gasteiger partial charge in [0.25, 0.3) is 5.56 Å². The van der Waals surface area contributed by atoms with Crippen LogP contribution in [0, 0.1) is 5.82 Å². The number of unbranched alkanes of at least 4 members (excludes halogenated alkanes) is 4. The van der Waals surface area contributed by atoms with Crippen LogP contribution in [0.2, 0.25) is 0 Å². The predicted octanol–water partition coefficient (Wildman–Crippen LogP) is 6.24. The zero-order chi connectivity index (χ0) is 29.7. The third-order valence-electron chi connectivity index (χ3n) is 6.63. The van der Waals surface area contributed by atoms with E-state index in [1.807, 2.05) is 10.6 Å². The molecule has 0 saturated heterocycles. The molecule has 4 rings (SSSR count). The number of hydrogen-bond donors (Lipinski definition) is 0. The molecular formula is C32H35FN4O4S. The summed E-state index contributed by atoms with van der Waals surface area (Å²) >= 11 is 1.38. The van der Waals surface area contributed by atoms with E-state index in [-0.39, 0.29) is 11.4 Å². The first-order chi connectivity index (χ1) is 20.5. The normalized spacial score (nSPS) is 10.9. The van der Waals surface area contributed by atoms with E-state index in [1.165, 1.54) is 50.2 Å². The van der Waals surface area contributed by atoms with Gasteiger partial charge in [0.15, 0.2) is 5.16 Å². The molecule has 2 heterocycles. The van der Waals surface area contributed by atoms with Gasteiger partial charge in [-0.3, -0.25) is 4.79 Å². The van der Waals surface area contributed by atoms with E-state index in [1.54, 1.807) is 42.9 Å². The molecular weight excluding hydrogens is 555 g/mol. The van der Waals surface area contributed by atoms with Crippen LogP contribution in [0.1, 0.15) is 71.6 Å². The van der Waals surface area contributed by atoms with Gasteiger partial charge < -0.3 is 14.0 Å². The molecule has 2 aromatic heterocycles. The average Bonchev–Trinajstić information content (AvgIpc) is 3.01. The van der Waals surface area contributed by atoms with Crippen molar-refractivity contribution in [2.45, 2.75) is 62.9 Å². The van der Waals surface area contributed by atoms with Crippen LogP contribution in [0.4, 0.5) is 4.39 Å². The predicted molar refractivity (Wildman–Crippen MR) is 160 cm³/mol. The largest absolute Gasteiger partial charge is 0.493 e. The number of aromatic nitrogens is 4. The van der Waals surface area contributed by atoms with Crippen molar-refractivity contribution < 1.29 is 18.7 Å². The number of thioether (sulfide) groups is 1. The van der Waals surface area contributed by atoms with Gasteiger partial charge in [-0.05, 0) is 47.4 Å². The van der Waals surface area contributed by atoms with Crippen molar-refractivity contribution >= 4 is 17.7 Å². The second kappa shape index (κ2) is 15.8. The van der Waals surface area contributed by atoms with Gasteiger partial charge in [0.05, 0.1) is 13.7 Å². The van der Waals surface area contributed by atoms with Crippen molar-refractivity contribution in [2.75, 3.05) is 13.7 Å². The summed E-state index contributed by atoms with van der Waals surface area (Å²) in [5, 5.41) is 0.504. The minimum atomic E-state index is -0.480. The summed E-state index contributed by atoms with van der Waals surface area (Å²) in [5.41, 5.74) is 3.01. The quantitative estimate of drug-likeness (QED) is 0.0695. The summed E-state index contributed by atoms with van der Waals surface area (Å²) in [5.74, 6) is 0.191. The minimum Gasteiger partial charge on any atom is -0.493 e. The molecule has 0 amide bonds. The van der Waals surface area contributed by atoms with Crippen molar-refractivity contribution in [3.8, 4) is 5.75 Å². The molecule has 4 aromatic rings. The van der Waals surface area contributed by atoms with Gasteiger partial charge in [-0.1, -0.05) is 62.6 Å². The Hall–Kier alpha value is -4.05. The molecule has 0 aliphatic rings. The molecule has 0 saturated carbocycles. The van der Waals surface area contributed by atoms with E-state index in [0.717, 1.165) is 36.0 Å². The van der Waals surface area contributed by atoms with Crippen molar-refractivity contribution in [1.29, 1.82) is 0 Å². The Bertz CT molecular complexity index is 1510. The van der Waals surface area contributed by atoms with Gasteiger partial charge in [-0.2, -0.15) is 4.98 Å². The number of ether oxygens (including phenoxy) is 2. The highest BCUT2D eigenvalue weighted by molar-refractivity contribution is 7.98. The highest BCUT2D eigenvalue weighted by Gasteiger charge is 2.16. The van der Waals surface area contributed by atoms with Crippen LogP contribution < -0.4 is 10.3 Å². The maximum Gasteiger partial charge on any atom is 0.341 e. The second-order valence-corrected chi connectivity index (χ2v) is 10.8. The summed E-state index contributed by atoms with van der Waals surface area (Å²) < 4.78 is 26.3. The Morgan fingerprint density at radius 2 is 1.71 bits per heavy atom. The number of methoxy groups -OCH3 is 1. The third-order valence-corrected chi connectivity index (χ3v) is 7.69. The average molecular weight is 591 g/mol. The molecule has 0 radical (unpaired) electrons. The Kier molecular flexibility index (Phi) is 11.6. The lowest BCUT2D eigenvalue weighted by molar-refractivity contribution is 0.0595. The number of halogens is 1. The maximum absolute atomic E-state index is 13.4. The molecule has 42 heavy (non-hydrogen) atoms. The van der Waals surface area contributed by atoms with Gasteiger partial charge >= 0.3 is 5.97 Å². The van der Waals surface area contributed by atoms with Gasteiger partial charge in [0, 0.05) is 42.9 Å². The van der Waals surface area contributed by atoms with E-state index in [2.05, 4.69) is 21.9 Å². The van der Waals surface area contributed by atoms with Crippen molar-refractivity contribution in [2.24, 2.45) is 0 Å². The van der Waals surface area contributed by atoms with Crippen molar-refractivity contribution in [3.63, 3.8) is 0 Å². The molecule has 0 unspecified atom stereocenters. The second-order valence-electron chi connectivity index (χ2n) is 9.91. The lowest BCUT2D eigenvalue weighted by Gasteiger charge is -2.16. The Morgan fingerprint density at radius 1 is 0.976 bits per heavy atom. The summed E-state index contributed by atoms with van der Waals surface area (Å²) in [6.07, 6.45) is 12.4. The molecule has 0 N–H and O–H groups in total. The fourth-order valence-corrected chi connectivity index (χ4v) is 5.31. The van der Waals surface area contributed by atoms with Gasteiger partial charge in [-0.15, -0.1) is 0 Å². The number of carbonyl (C=O) groups excluding carboxylic acids is 1. The molecule has 0 spiro atoms. The third kappa shape index (κ3) is 8.97. The fraction of sp³-hybridized carbons (Fsp3) is 0.344. The standard InChI is InChI=1S/C32H35FN4O4S/c1-3-4-5-6-7-14-41-29-13-10-24(16-28(29)31(39)40-2)19-37-20-26(15-25-17-34-22-35-18-25)30(38)36-32(37)42-21-23-8-11-27(33)12-9-23/h8-13,16-18,20,22H,3-7,14-15,19,21H2,1-2H3. The molecule has 0 aliphatic carbocycles. The Morgan fingerprint density at radius 3 is 2.45 bits per heavy atom. The van der Waals surface area contributed by atoms with Crippen LogP contribution in [-0.4, -0.2) is 39.2 Å². The van der Waals surface area contributed by atoms with Crippen molar-refractivity contribution in [1.82, 2.24) is 19.5 Å². The van der Waals surface area contributed by atoms with E-state index in [9.17, 15) is 14.0 Å². The highest BCUT2D eigenvalue weighted by Crippen LogP contribution is 2.25. The SMILES string of the molecule is CCCCCCCOc1ccc(Cn2cc(Cc3cncnc3)c(=O)nc2SCc2ccc(F)cc2)cc1C(=O)OC. The van der Waals surface area contributed by atoms with Crippen LogP contribution in [0.25, 0.3) is 0 Å². The van der Waals surface area contributed by atoms with E-state index in [0.29, 0.717) is 47.4 Å². The molecule has 0 bridgehead atoms. The molecule has 0 fully saturated rings. The van der Waals surface area contributed by atoms with E-state index in [4.69, 9.17) is 9.47 Å². The maximum atomic E-state index is 13.4. The van der Waals surface area contributed by atoms with Crippen LogP contribution in [-0.2, 0) is 23.5 Å². The highest BCUT2D eigenvalue weighted by atomic mass is 32.2. The van der Waals surface area contributed by atoms with E-state index >= 15 is 0 Å². The topological polar surface area (TPSA) is 96.2 Å². The lowest BCUT2D eigenvalue weighted by Crippen LogP contribution is -2.20.